The predicted octanol–water partition coefficient (Wildman–Crippen LogP) is 4.27. The molecular weight excluding hydrogens is 422 g/mol. The highest BCUT2D eigenvalue weighted by Crippen LogP contribution is 2.30. The fourth-order valence-corrected chi connectivity index (χ4v) is 4.96. The van der Waals surface area contributed by atoms with Gasteiger partial charge in [0.2, 0.25) is 5.91 Å². The summed E-state index contributed by atoms with van der Waals surface area (Å²) in [6.07, 6.45) is 1.74. The first kappa shape index (κ1) is 20.8. The van der Waals surface area contributed by atoms with Gasteiger partial charge in [-0.3, -0.25) is 4.79 Å². The molecule has 1 fully saturated rings. The van der Waals surface area contributed by atoms with E-state index in [-0.39, 0.29) is 11.8 Å². The van der Waals surface area contributed by atoms with Gasteiger partial charge in [0, 0.05) is 19.0 Å². The van der Waals surface area contributed by atoms with Gasteiger partial charge in [-0.2, -0.15) is 0 Å². The summed E-state index contributed by atoms with van der Waals surface area (Å²) in [4.78, 5) is 19.4. The molecule has 0 N–H and O–H groups in total. The van der Waals surface area contributed by atoms with Crippen LogP contribution in [0.4, 0.5) is 0 Å². The number of likely N-dealkylation sites (tertiary alicyclic amines) is 1. The number of aryl methyl sites for hydroxylation is 1. The summed E-state index contributed by atoms with van der Waals surface area (Å²) in [5.74, 6) is 2.40. The SMILES string of the molecule is Cc1nnc(SCC(=O)N2CCC(c3nc4ccccc4o3)CC2)n1Cc1ccccc1. The maximum absolute atomic E-state index is 12.8. The molecule has 3 heterocycles. The Morgan fingerprint density at radius 1 is 1.06 bits per heavy atom. The second kappa shape index (κ2) is 9.16. The van der Waals surface area contributed by atoms with Crippen LogP contribution in [0.25, 0.3) is 11.1 Å². The van der Waals surface area contributed by atoms with Gasteiger partial charge in [0.25, 0.3) is 0 Å². The summed E-state index contributed by atoms with van der Waals surface area (Å²) in [6.45, 7) is 4.09. The average Bonchev–Trinajstić information content (AvgIpc) is 3.42. The van der Waals surface area contributed by atoms with Gasteiger partial charge in [-0.25, -0.2) is 4.98 Å². The standard InChI is InChI=1S/C24H25N5O2S/c1-17-26-27-24(29(17)15-18-7-3-2-4-8-18)32-16-22(30)28-13-11-19(12-14-28)23-25-20-9-5-6-10-21(20)31-23/h2-10,19H,11-16H2,1H3. The van der Waals surface area contributed by atoms with E-state index in [0.29, 0.717) is 12.3 Å². The first-order chi connectivity index (χ1) is 15.7. The molecule has 1 saturated heterocycles. The smallest absolute Gasteiger partial charge is 0.233 e. The summed E-state index contributed by atoms with van der Waals surface area (Å²) in [5, 5.41) is 9.28. The molecule has 8 heteroatoms. The monoisotopic (exact) mass is 447 g/mol. The molecule has 2 aromatic heterocycles. The molecule has 0 radical (unpaired) electrons. The number of benzene rings is 2. The van der Waals surface area contributed by atoms with Gasteiger partial charge in [-0.05, 0) is 37.5 Å². The first-order valence-electron chi connectivity index (χ1n) is 10.9. The van der Waals surface area contributed by atoms with Crippen LogP contribution in [-0.4, -0.2) is 49.4 Å². The lowest BCUT2D eigenvalue weighted by molar-refractivity contribution is -0.129. The molecule has 0 aliphatic carbocycles. The minimum absolute atomic E-state index is 0.137. The second-order valence-corrected chi connectivity index (χ2v) is 9.01. The van der Waals surface area contributed by atoms with E-state index in [2.05, 4.69) is 31.9 Å². The zero-order valence-electron chi connectivity index (χ0n) is 18.0. The Kier molecular flexibility index (Phi) is 5.94. The highest BCUT2D eigenvalue weighted by atomic mass is 32.2. The van der Waals surface area contributed by atoms with Crippen molar-refractivity contribution in [2.45, 2.75) is 37.4 Å². The Balaban J connectivity index is 1.16. The zero-order chi connectivity index (χ0) is 21.9. The molecule has 4 aromatic rings. The van der Waals surface area contributed by atoms with Crippen LogP contribution in [0.15, 0.2) is 64.2 Å². The fraction of sp³-hybridized carbons (Fsp3) is 0.333. The van der Waals surface area contributed by atoms with E-state index in [4.69, 9.17) is 4.42 Å². The Morgan fingerprint density at radius 3 is 2.59 bits per heavy atom. The molecule has 164 valence electrons. The lowest BCUT2D eigenvalue weighted by atomic mass is 9.97. The molecule has 1 aliphatic rings. The molecule has 5 rings (SSSR count). The van der Waals surface area contributed by atoms with Crippen molar-refractivity contribution >= 4 is 28.8 Å². The third kappa shape index (κ3) is 4.41. The summed E-state index contributed by atoms with van der Waals surface area (Å²) >= 11 is 1.46. The second-order valence-electron chi connectivity index (χ2n) is 8.07. The first-order valence-corrected chi connectivity index (χ1v) is 11.9. The summed E-state index contributed by atoms with van der Waals surface area (Å²) in [6, 6.07) is 18.1. The van der Waals surface area contributed by atoms with Crippen molar-refractivity contribution in [2.24, 2.45) is 0 Å². The third-order valence-corrected chi connectivity index (χ3v) is 6.87. The number of para-hydroxylation sites is 2. The Bertz CT molecular complexity index is 1180. The summed E-state index contributed by atoms with van der Waals surface area (Å²) < 4.78 is 8.00. The van der Waals surface area contributed by atoms with Crippen molar-refractivity contribution in [3.63, 3.8) is 0 Å². The van der Waals surface area contributed by atoms with E-state index in [9.17, 15) is 4.79 Å². The number of amides is 1. The molecule has 0 spiro atoms. The van der Waals surface area contributed by atoms with Crippen LogP contribution < -0.4 is 0 Å². The van der Waals surface area contributed by atoms with Crippen LogP contribution in [0.3, 0.4) is 0 Å². The molecule has 0 atom stereocenters. The number of hydrogen-bond donors (Lipinski definition) is 0. The van der Waals surface area contributed by atoms with Gasteiger partial charge in [0.05, 0.1) is 12.3 Å². The lowest BCUT2D eigenvalue weighted by Gasteiger charge is -2.30. The topological polar surface area (TPSA) is 77.1 Å². The molecule has 32 heavy (non-hydrogen) atoms. The molecule has 1 amide bonds. The Hall–Kier alpha value is -3.13. The van der Waals surface area contributed by atoms with Crippen molar-refractivity contribution < 1.29 is 9.21 Å². The van der Waals surface area contributed by atoms with Gasteiger partial charge in [0.1, 0.15) is 11.3 Å². The number of piperidine rings is 1. The fourth-order valence-electron chi connectivity index (χ4n) is 4.07. The van der Waals surface area contributed by atoms with Crippen molar-refractivity contribution in [3.8, 4) is 0 Å². The highest BCUT2D eigenvalue weighted by molar-refractivity contribution is 7.99. The quantitative estimate of drug-likeness (QED) is 0.411. The number of nitrogens with zero attached hydrogens (tertiary/aromatic N) is 5. The molecule has 1 aliphatic heterocycles. The van der Waals surface area contributed by atoms with Crippen molar-refractivity contribution in [1.29, 1.82) is 0 Å². The van der Waals surface area contributed by atoms with Gasteiger partial charge in [-0.15, -0.1) is 10.2 Å². The average molecular weight is 448 g/mol. The van der Waals surface area contributed by atoms with E-state index in [1.807, 2.05) is 54.3 Å². The van der Waals surface area contributed by atoms with Crippen LogP contribution in [0.2, 0.25) is 0 Å². The maximum Gasteiger partial charge on any atom is 0.233 e. The molecule has 7 nitrogen and oxygen atoms in total. The number of thioether (sulfide) groups is 1. The number of carbonyl (C=O) groups is 1. The van der Waals surface area contributed by atoms with Crippen molar-refractivity contribution in [1.82, 2.24) is 24.6 Å². The van der Waals surface area contributed by atoms with Crippen LogP contribution in [-0.2, 0) is 11.3 Å². The van der Waals surface area contributed by atoms with Gasteiger partial charge in [0.15, 0.2) is 16.6 Å². The molecule has 0 bridgehead atoms. The zero-order valence-corrected chi connectivity index (χ0v) is 18.8. The van der Waals surface area contributed by atoms with Crippen LogP contribution in [0.5, 0.6) is 0 Å². The number of oxazole rings is 1. The van der Waals surface area contributed by atoms with Crippen LogP contribution >= 0.6 is 11.8 Å². The van der Waals surface area contributed by atoms with Gasteiger partial charge < -0.3 is 13.9 Å². The third-order valence-electron chi connectivity index (χ3n) is 5.92. The highest BCUT2D eigenvalue weighted by Gasteiger charge is 2.27. The molecule has 0 unspecified atom stereocenters. The van der Waals surface area contributed by atoms with Crippen LogP contribution in [0, 0.1) is 6.92 Å². The van der Waals surface area contributed by atoms with Crippen LogP contribution in [0.1, 0.15) is 36.0 Å². The molecule has 0 saturated carbocycles. The van der Waals surface area contributed by atoms with Gasteiger partial charge in [-0.1, -0.05) is 54.2 Å². The van der Waals surface area contributed by atoms with E-state index >= 15 is 0 Å². The lowest BCUT2D eigenvalue weighted by Crippen LogP contribution is -2.39. The largest absolute Gasteiger partial charge is 0.440 e. The predicted molar refractivity (Wildman–Crippen MR) is 124 cm³/mol. The summed E-state index contributed by atoms with van der Waals surface area (Å²) in [5.41, 5.74) is 2.91. The van der Waals surface area contributed by atoms with Gasteiger partial charge >= 0.3 is 0 Å². The van der Waals surface area contributed by atoms with E-state index < -0.39 is 0 Å². The van der Waals surface area contributed by atoms with E-state index in [1.54, 1.807) is 0 Å². The Labute approximate surface area is 190 Å². The molecular formula is C24H25N5O2S. The minimum atomic E-state index is 0.137. The number of hydrogen-bond acceptors (Lipinski definition) is 6. The minimum Gasteiger partial charge on any atom is -0.440 e. The summed E-state index contributed by atoms with van der Waals surface area (Å²) in [7, 11) is 0. The number of rotatable bonds is 6. The number of carbonyl (C=O) groups excluding carboxylic acids is 1. The number of fused-ring (bicyclic) bond motifs is 1. The maximum atomic E-state index is 12.8. The number of aromatic nitrogens is 4. The van der Waals surface area contributed by atoms with E-state index in [0.717, 1.165) is 53.9 Å². The van der Waals surface area contributed by atoms with E-state index in [1.165, 1.54) is 17.3 Å². The van der Waals surface area contributed by atoms with Crippen molar-refractivity contribution in [3.05, 3.63) is 71.9 Å². The Morgan fingerprint density at radius 2 is 1.81 bits per heavy atom. The normalized spacial score (nSPS) is 14.8. The molecule has 2 aromatic carbocycles. The van der Waals surface area contributed by atoms with Crippen molar-refractivity contribution in [2.75, 3.05) is 18.8 Å².